The van der Waals surface area contributed by atoms with Gasteiger partial charge >= 0.3 is 6.03 Å². The third kappa shape index (κ3) is 4.31. The fraction of sp³-hybridized carbons (Fsp3) is 0.414. The van der Waals surface area contributed by atoms with Crippen molar-refractivity contribution in [3.05, 3.63) is 76.5 Å². The van der Waals surface area contributed by atoms with Crippen LogP contribution in [0.2, 0.25) is 0 Å². The van der Waals surface area contributed by atoms with Crippen molar-refractivity contribution in [1.29, 1.82) is 0 Å². The minimum Gasteiger partial charge on any atom is -0.379 e. The Morgan fingerprint density at radius 1 is 1.05 bits per heavy atom. The predicted octanol–water partition coefficient (Wildman–Crippen LogP) is 2.24. The first-order valence-corrected chi connectivity index (χ1v) is 15.7. The number of sulfonamides is 1. The van der Waals surface area contributed by atoms with Crippen molar-refractivity contribution in [2.75, 3.05) is 52.5 Å². The van der Waals surface area contributed by atoms with Gasteiger partial charge in [0.25, 0.3) is 11.6 Å². The van der Waals surface area contributed by atoms with E-state index in [4.69, 9.17) is 4.74 Å². The number of urea groups is 1. The highest BCUT2D eigenvalue weighted by Crippen LogP contribution is 2.55. The molecule has 224 valence electrons. The van der Waals surface area contributed by atoms with E-state index < -0.39 is 55.0 Å². The van der Waals surface area contributed by atoms with Crippen LogP contribution in [-0.2, 0) is 19.6 Å². The van der Waals surface area contributed by atoms with Crippen molar-refractivity contribution in [2.24, 2.45) is 5.92 Å². The number of para-hydroxylation sites is 2. The Bertz CT molecular complexity index is 1750. The summed E-state index contributed by atoms with van der Waals surface area (Å²) in [6.07, 6.45) is 2.08. The number of amides is 3. The highest BCUT2D eigenvalue weighted by atomic mass is 32.2. The van der Waals surface area contributed by atoms with E-state index in [2.05, 4.69) is 9.88 Å². The molecule has 14 heteroatoms. The number of rotatable bonds is 7. The maximum atomic E-state index is 14.3. The lowest BCUT2D eigenvalue weighted by Gasteiger charge is -2.31. The van der Waals surface area contributed by atoms with Gasteiger partial charge in [-0.25, -0.2) is 13.2 Å². The average Bonchev–Trinajstić information content (AvgIpc) is 3.62. The van der Waals surface area contributed by atoms with E-state index in [-0.39, 0.29) is 19.6 Å². The van der Waals surface area contributed by atoms with Gasteiger partial charge in [-0.3, -0.25) is 29.7 Å². The SMILES string of the molecule is O=C1N(CCN2CCOCC2)C(=O)C23CN(S(=O)(=O)c4ccccc4[N+](=O)[O-])CC2CC(c2cnc4ccccc4c2)N13. The van der Waals surface area contributed by atoms with Gasteiger partial charge in [0, 0.05) is 62.8 Å². The maximum absolute atomic E-state index is 14.3. The minimum absolute atomic E-state index is 0.0429. The molecule has 2 aromatic carbocycles. The van der Waals surface area contributed by atoms with Crippen LogP contribution in [0, 0.1) is 16.0 Å². The Morgan fingerprint density at radius 2 is 1.79 bits per heavy atom. The number of hydrogen-bond acceptors (Lipinski definition) is 9. The van der Waals surface area contributed by atoms with E-state index in [0.717, 1.165) is 26.8 Å². The Labute approximate surface area is 247 Å². The second-order valence-electron chi connectivity index (χ2n) is 11.4. The van der Waals surface area contributed by atoms with Crippen LogP contribution in [0.5, 0.6) is 0 Å². The van der Waals surface area contributed by atoms with E-state index in [0.29, 0.717) is 39.3 Å². The van der Waals surface area contributed by atoms with Gasteiger partial charge in [0.05, 0.1) is 29.7 Å². The summed E-state index contributed by atoms with van der Waals surface area (Å²) in [7, 11) is -4.35. The topological polar surface area (TPSA) is 146 Å². The van der Waals surface area contributed by atoms with E-state index in [1.807, 2.05) is 30.3 Å². The Kier molecular flexibility index (Phi) is 6.69. The number of ether oxygens (including phenoxy) is 1. The number of benzene rings is 2. The summed E-state index contributed by atoms with van der Waals surface area (Å²) in [6, 6.07) is 13.9. The number of carbonyl (C=O) groups excluding carboxylic acids is 2. The summed E-state index contributed by atoms with van der Waals surface area (Å²) < 4.78 is 34.2. The zero-order valence-corrected chi connectivity index (χ0v) is 24.1. The molecule has 3 unspecified atom stereocenters. The van der Waals surface area contributed by atoms with Crippen molar-refractivity contribution in [3.63, 3.8) is 0 Å². The number of morpholine rings is 1. The molecule has 4 aliphatic rings. The van der Waals surface area contributed by atoms with Crippen LogP contribution in [0.15, 0.2) is 65.7 Å². The molecule has 0 saturated carbocycles. The summed E-state index contributed by atoms with van der Waals surface area (Å²) in [6.45, 7) is 2.88. The summed E-state index contributed by atoms with van der Waals surface area (Å²) >= 11 is 0. The molecule has 0 aliphatic carbocycles. The fourth-order valence-electron chi connectivity index (χ4n) is 7.12. The van der Waals surface area contributed by atoms with Gasteiger partial charge < -0.3 is 9.64 Å². The quantitative estimate of drug-likeness (QED) is 0.224. The maximum Gasteiger partial charge on any atom is 0.328 e. The van der Waals surface area contributed by atoms with Crippen LogP contribution in [0.25, 0.3) is 10.9 Å². The lowest BCUT2D eigenvalue weighted by Crippen LogP contribution is -2.52. The molecule has 13 nitrogen and oxygen atoms in total. The second kappa shape index (κ2) is 10.3. The zero-order valence-electron chi connectivity index (χ0n) is 23.2. The molecule has 4 fully saturated rings. The standard InChI is InChI=1S/C29H30N6O7S/c36-27-29-19-32(43(40,41)26-8-4-3-7-24(26)35(38)39)18-22(29)16-25(21-15-20-5-1-2-6-23(20)30-17-21)34(29)28(37)33(27)10-9-31-11-13-42-14-12-31/h1-8,15,17,22,25H,9-14,16,18-19H2. The number of hydrogen-bond donors (Lipinski definition) is 0. The van der Waals surface area contributed by atoms with Crippen LogP contribution in [-0.4, -0.2) is 107 Å². The first-order valence-electron chi connectivity index (χ1n) is 14.3. The molecule has 5 heterocycles. The minimum atomic E-state index is -4.35. The molecular formula is C29H30N6O7S. The van der Waals surface area contributed by atoms with E-state index >= 15 is 0 Å². The molecule has 0 radical (unpaired) electrons. The Balaban J connectivity index is 1.26. The van der Waals surface area contributed by atoms with Crippen LogP contribution < -0.4 is 0 Å². The van der Waals surface area contributed by atoms with E-state index in [1.54, 1.807) is 11.1 Å². The van der Waals surface area contributed by atoms with Gasteiger partial charge in [-0.1, -0.05) is 30.3 Å². The highest BCUT2D eigenvalue weighted by molar-refractivity contribution is 7.89. The summed E-state index contributed by atoms with van der Waals surface area (Å²) in [5.74, 6) is -0.932. The molecular weight excluding hydrogens is 576 g/mol. The number of fused-ring (bicyclic) bond motifs is 1. The summed E-state index contributed by atoms with van der Waals surface area (Å²) in [4.78, 5) is 48.5. The predicted molar refractivity (Wildman–Crippen MR) is 153 cm³/mol. The molecule has 3 amide bonds. The van der Waals surface area contributed by atoms with Gasteiger partial charge in [0.2, 0.25) is 10.0 Å². The van der Waals surface area contributed by atoms with Crippen molar-refractivity contribution in [1.82, 2.24) is 24.0 Å². The second-order valence-corrected chi connectivity index (χ2v) is 13.3. The smallest absolute Gasteiger partial charge is 0.328 e. The third-order valence-electron chi connectivity index (χ3n) is 9.24. The largest absolute Gasteiger partial charge is 0.379 e. The van der Waals surface area contributed by atoms with Crippen LogP contribution in [0.4, 0.5) is 10.5 Å². The number of nitro groups is 1. The normalized spacial score (nSPS) is 26.3. The van der Waals surface area contributed by atoms with Crippen LogP contribution >= 0.6 is 0 Å². The van der Waals surface area contributed by atoms with Gasteiger partial charge in [-0.05, 0) is 30.2 Å². The number of pyridine rings is 1. The number of aromatic nitrogens is 1. The molecule has 1 spiro atoms. The monoisotopic (exact) mass is 606 g/mol. The fourth-order valence-corrected chi connectivity index (χ4v) is 8.80. The summed E-state index contributed by atoms with van der Waals surface area (Å²) in [5, 5.41) is 12.6. The van der Waals surface area contributed by atoms with E-state index in [1.165, 1.54) is 23.1 Å². The van der Waals surface area contributed by atoms with Crippen molar-refractivity contribution in [2.45, 2.75) is 22.9 Å². The van der Waals surface area contributed by atoms with Gasteiger partial charge in [0.1, 0.15) is 5.54 Å². The van der Waals surface area contributed by atoms with Crippen LogP contribution in [0.1, 0.15) is 18.0 Å². The zero-order chi connectivity index (χ0) is 29.9. The molecule has 4 saturated heterocycles. The molecule has 7 rings (SSSR count). The lowest BCUT2D eigenvalue weighted by atomic mass is 9.87. The molecule has 0 N–H and O–H groups in total. The first-order chi connectivity index (χ1) is 20.7. The number of carbonyl (C=O) groups is 2. The number of imide groups is 1. The van der Waals surface area contributed by atoms with E-state index in [9.17, 15) is 28.1 Å². The molecule has 3 aromatic rings. The first kappa shape index (κ1) is 27.8. The van der Waals surface area contributed by atoms with Crippen molar-refractivity contribution >= 4 is 38.6 Å². The Hall–Kier alpha value is -3.98. The highest BCUT2D eigenvalue weighted by Gasteiger charge is 2.71. The molecule has 3 atom stereocenters. The lowest BCUT2D eigenvalue weighted by molar-refractivity contribution is -0.387. The molecule has 43 heavy (non-hydrogen) atoms. The average molecular weight is 607 g/mol. The molecule has 4 aliphatic heterocycles. The van der Waals surface area contributed by atoms with Crippen molar-refractivity contribution in [3.8, 4) is 0 Å². The van der Waals surface area contributed by atoms with Gasteiger partial charge in [0.15, 0.2) is 4.90 Å². The van der Waals surface area contributed by atoms with Crippen molar-refractivity contribution < 1.29 is 27.7 Å². The summed E-state index contributed by atoms with van der Waals surface area (Å²) in [5.41, 5.74) is -0.377. The number of nitrogens with zero attached hydrogens (tertiary/aromatic N) is 6. The third-order valence-corrected chi connectivity index (χ3v) is 11.1. The van der Waals surface area contributed by atoms with Gasteiger partial charge in [-0.2, -0.15) is 4.31 Å². The Morgan fingerprint density at radius 3 is 2.58 bits per heavy atom. The molecule has 0 bridgehead atoms. The molecule has 1 aromatic heterocycles. The number of nitro benzene ring substituents is 1. The van der Waals surface area contributed by atoms with Gasteiger partial charge in [-0.15, -0.1) is 0 Å². The van der Waals surface area contributed by atoms with Crippen LogP contribution in [0.3, 0.4) is 0 Å².